The van der Waals surface area contributed by atoms with Crippen molar-refractivity contribution in [2.45, 2.75) is 0 Å². The highest BCUT2D eigenvalue weighted by Crippen LogP contribution is 2.18. The predicted molar refractivity (Wildman–Crippen MR) is 55.2 cm³/mol. The zero-order valence-corrected chi connectivity index (χ0v) is 8.40. The van der Waals surface area contributed by atoms with Crippen molar-refractivity contribution in [1.29, 1.82) is 0 Å². The Morgan fingerprint density at radius 2 is 2.08 bits per heavy atom. The summed E-state index contributed by atoms with van der Waals surface area (Å²) in [5.41, 5.74) is 1.96. The lowest BCUT2D eigenvalue weighted by Crippen LogP contribution is -1.82. The zero-order chi connectivity index (χ0) is 9.10. The fourth-order valence-electron chi connectivity index (χ4n) is 1.08. The van der Waals surface area contributed by atoms with Gasteiger partial charge in [-0.1, -0.05) is 15.9 Å². The Hall–Kier alpha value is -1.22. The fourth-order valence-corrected chi connectivity index (χ4v) is 1.41. The number of hydrogen-bond donors (Lipinski definition) is 0. The summed E-state index contributed by atoms with van der Waals surface area (Å²) in [7, 11) is 0. The summed E-state index contributed by atoms with van der Waals surface area (Å²) in [6, 6.07) is 7.76. The van der Waals surface area contributed by atoms with Crippen LogP contribution >= 0.6 is 15.9 Å². The van der Waals surface area contributed by atoms with Crippen molar-refractivity contribution >= 4 is 15.9 Å². The van der Waals surface area contributed by atoms with Crippen molar-refractivity contribution < 1.29 is 0 Å². The van der Waals surface area contributed by atoms with E-state index in [2.05, 4.69) is 25.9 Å². The normalized spacial score (nSPS) is 9.92. The van der Waals surface area contributed by atoms with Crippen LogP contribution in [-0.2, 0) is 0 Å². The van der Waals surface area contributed by atoms with Crippen LogP contribution in [0.3, 0.4) is 0 Å². The second-order valence-electron chi connectivity index (χ2n) is 2.60. The lowest BCUT2D eigenvalue weighted by Gasteiger charge is -1.98. The van der Waals surface area contributed by atoms with Gasteiger partial charge in [0.05, 0.1) is 5.69 Å². The molecule has 3 heteroatoms. The summed E-state index contributed by atoms with van der Waals surface area (Å²) >= 11 is 3.40. The number of aromatic nitrogens is 2. The van der Waals surface area contributed by atoms with Crippen LogP contribution in [0.25, 0.3) is 11.3 Å². The van der Waals surface area contributed by atoms with Gasteiger partial charge in [0.2, 0.25) is 0 Å². The molecule has 2 rings (SSSR count). The average Bonchev–Trinajstić information content (AvgIpc) is 2.19. The molecule has 2 heterocycles. The molecule has 0 saturated heterocycles. The van der Waals surface area contributed by atoms with E-state index < -0.39 is 0 Å². The Labute approximate surface area is 84.8 Å². The third kappa shape index (κ3) is 1.92. The van der Waals surface area contributed by atoms with Crippen molar-refractivity contribution in [3.63, 3.8) is 0 Å². The standard InChI is InChI=1S/C10H7BrN2/c11-9-3-5-13-10(6-9)8-2-1-4-12-7-8/h1-7H. The molecule has 0 atom stereocenters. The van der Waals surface area contributed by atoms with E-state index >= 15 is 0 Å². The van der Waals surface area contributed by atoms with Gasteiger partial charge in [-0.05, 0) is 24.3 Å². The molecule has 0 radical (unpaired) electrons. The van der Waals surface area contributed by atoms with Gasteiger partial charge >= 0.3 is 0 Å². The maximum absolute atomic E-state index is 4.24. The van der Waals surface area contributed by atoms with Gasteiger partial charge in [-0.15, -0.1) is 0 Å². The first-order valence-electron chi connectivity index (χ1n) is 3.88. The van der Waals surface area contributed by atoms with Gasteiger partial charge < -0.3 is 0 Å². The summed E-state index contributed by atoms with van der Waals surface area (Å²) in [6.07, 6.45) is 5.32. The summed E-state index contributed by atoms with van der Waals surface area (Å²) in [4.78, 5) is 8.28. The van der Waals surface area contributed by atoms with Crippen LogP contribution in [0.15, 0.2) is 47.3 Å². The lowest BCUT2D eigenvalue weighted by molar-refractivity contribution is 1.27. The minimum absolute atomic E-state index is 0.933. The van der Waals surface area contributed by atoms with Crippen molar-refractivity contribution in [3.05, 3.63) is 47.3 Å². The molecule has 2 nitrogen and oxygen atoms in total. The van der Waals surface area contributed by atoms with Crippen LogP contribution in [0.2, 0.25) is 0 Å². The minimum Gasteiger partial charge on any atom is -0.264 e. The third-order valence-corrected chi connectivity index (χ3v) is 2.17. The highest BCUT2D eigenvalue weighted by atomic mass is 79.9. The van der Waals surface area contributed by atoms with Gasteiger partial charge in [-0.3, -0.25) is 9.97 Å². The molecular formula is C10H7BrN2. The van der Waals surface area contributed by atoms with Gasteiger partial charge in [0, 0.05) is 28.6 Å². The number of hydrogen-bond acceptors (Lipinski definition) is 2. The summed E-state index contributed by atoms with van der Waals surface area (Å²) < 4.78 is 1.03. The van der Waals surface area contributed by atoms with E-state index in [1.54, 1.807) is 18.6 Å². The van der Waals surface area contributed by atoms with Crippen molar-refractivity contribution in [2.24, 2.45) is 0 Å². The second kappa shape index (κ2) is 3.66. The van der Waals surface area contributed by atoms with E-state index in [1.165, 1.54) is 0 Å². The van der Waals surface area contributed by atoms with Gasteiger partial charge in [0.25, 0.3) is 0 Å². The maximum Gasteiger partial charge on any atom is 0.0728 e. The molecule has 0 aliphatic carbocycles. The molecule has 0 spiro atoms. The van der Waals surface area contributed by atoms with Crippen LogP contribution < -0.4 is 0 Å². The topological polar surface area (TPSA) is 25.8 Å². The quantitative estimate of drug-likeness (QED) is 0.759. The minimum atomic E-state index is 0.933. The van der Waals surface area contributed by atoms with Crippen LogP contribution in [0, 0.1) is 0 Å². The highest BCUT2D eigenvalue weighted by Gasteiger charge is 1.97. The van der Waals surface area contributed by atoms with Crippen LogP contribution in [0.5, 0.6) is 0 Å². The van der Waals surface area contributed by atoms with E-state index in [-0.39, 0.29) is 0 Å². The molecule has 64 valence electrons. The predicted octanol–water partition coefficient (Wildman–Crippen LogP) is 2.91. The molecule has 0 N–H and O–H groups in total. The smallest absolute Gasteiger partial charge is 0.0728 e. The van der Waals surface area contributed by atoms with E-state index in [0.29, 0.717) is 0 Å². The SMILES string of the molecule is Brc1ccnc(-c2cccnc2)c1. The number of nitrogens with zero attached hydrogens (tertiary/aromatic N) is 2. The molecular weight excluding hydrogens is 228 g/mol. The molecule has 0 aliphatic rings. The number of rotatable bonds is 1. The Morgan fingerprint density at radius 3 is 2.77 bits per heavy atom. The maximum atomic E-state index is 4.24. The van der Waals surface area contributed by atoms with Crippen molar-refractivity contribution in [2.75, 3.05) is 0 Å². The van der Waals surface area contributed by atoms with E-state index in [1.807, 2.05) is 24.3 Å². The Kier molecular flexibility index (Phi) is 2.36. The molecule has 0 amide bonds. The lowest BCUT2D eigenvalue weighted by atomic mass is 10.2. The summed E-state index contributed by atoms with van der Waals surface area (Å²) in [5, 5.41) is 0. The Balaban J connectivity index is 2.48. The van der Waals surface area contributed by atoms with Crippen LogP contribution in [0.4, 0.5) is 0 Å². The number of pyridine rings is 2. The molecule has 2 aromatic heterocycles. The molecule has 2 aromatic rings. The molecule has 0 aromatic carbocycles. The molecule has 0 saturated carbocycles. The van der Waals surface area contributed by atoms with Crippen molar-refractivity contribution in [1.82, 2.24) is 9.97 Å². The zero-order valence-electron chi connectivity index (χ0n) is 6.81. The summed E-state index contributed by atoms with van der Waals surface area (Å²) in [5.74, 6) is 0. The first-order chi connectivity index (χ1) is 6.36. The number of halogens is 1. The first kappa shape index (κ1) is 8.38. The Morgan fingerprint density at radius 1 is 1.15 bits per heavy atom. The van der Waals surface area contributed by atoms with E-state index in [4.69, 9.17) is 0 Å². The van der Waals surface area contributed by atoms with E-state index in [0.717, 1.165) is 15.7 Å². The molecule has 0 fully saturated rings. The average molecular weight is 235 g/mol. The third-order valence-electron chi connectivity index (χ3n) is 1.68. The molecule has 13 heavy (non-hydrogen) atoms. The fraction of sp³-hybridized carbons (Fsp3) is 0. The first-order valence-corrected chi connectivity index (χ1v) is 4.67. The van der Waals surface area contributed by atoms with E-state index in [9.17, 15) is 0 Å². The second-order valence-corrected chi connectivity index (χ2v) is 3.52. The molecule has 0 aliphatic heterocycles. The highest BCUT2D eigenvalue weighted by molar-refractivity contribution is 9.10. The Bertz CT molecular complexity index is 401. The van der Waals surface area contributed by atoms with Gasteiger partial charge in [-0.25, -0.2) is 0 Å². The molecule has 0 bridgehead atoms. The largest absolute Gasteiger partial charge is 0.264 e. The monoisotopic (exact) mass is 234 g/mol. The van der Waals surface area contributed by atoms with Crippen LogP contribution in [0.1, 0.15) is 0 Å². The van der Waals surface area contributed by atoms with Gasteiger partial charge in [0.15, 0.2) is 0 Å². The summed E-state index contributed by atoms with van der Waals surface area (Å²) in [6.45, 7) is 0. The van der Waals surface area contributed by atoms with Gasteiger partial charge in [0.1, 0.15) is 0 Å². The van der Waals surface area contributed by atoms with Crippen molar-refractivity contribution in [3.8, 4) is 11.3 Å². The van der Waals surface area contributed by atoms with Crippen LogP contribution in [-0.4, -0.2) is 9.97 Å². The van der Waals surface area contributed by atoms with Gasteiger partial charge in [-0.2, -0.15) is 0 Å². The molecule has 0 unspecified atom stereocenters.